The van der Waals surface area contributed by atoms with Crippen LogP contribution in [0.2, 0.25) is 0 Å². The van der Waals surface area contributed by atoms with Gasteiger partial charge in [0.1, 0.15) is 19.5 Å². The second-order valence-corrected chi connectivity index (χ2v) is 6.95. The number of rotatable bonds is 8. The monoisotopic (exact) mass is 373 g/mol. The van der Waals surface area contributed by atoms with Crippen LogP contribution in [-0.2, 0) is 21.7 Å². The molecule has 2 rings (SSSR count). The first-order valence-corrected chi connectivity index (χ1v) is 8.89. The van der Waals surface area contributed by atoms with Gasteiger partial charge in [0.05, 0.1) is 0 Å². The summed E-state index contributed by atoms with van der Waals surface area (Å²) in [6.07, 6.45) is 1.06. The molecule has 5 heteroatoms. The minimum absolute atomic E-state index is 0.0633. The second-order valence-electron chi connectivity index (χ2n) is 6.60. The number of benzene rings is 2. The Bertz CT molecular complexity index is 782. The van der Waals surface area contributed by atoms with E-state index < -0.39 is 5.24 Å². The van der Waals surface area contributed by atoms with E-state index in [0.29, 0.717) is 12.2 Å². The molecule has 2 aromatic carbocycles. The van der Waals surface area contributed by atoms with E-state index in [-0.39, 0.29) is 11.1 Å². The molecular weight excluding hydrogens is 350 g/mol. The van der Waals surface area contributed by atoms with Crippen molar-refractivity contribution < 1.29 is 14.4 Å². The Labute approximate surface area is 159 Å². The van der Waals surface area contributed by atoms with Crippen LogP contribution in [0, 0.1) is 0 Å². The Hall–Kier alpha value is -2.33. The predicted molar refractivity (Wildman–Crippen MR) is 105 cm³/mol. The molecule has 0 unspecified atom stereocenters. The molecule has 0 bridgehead atoms. The molecule has 0 aliphatic rings. The maximum Gasteiger partial charge on any atom is 0.274 e. The van der Waals surface area contributed by atoms with Gasteiger partial charge < -0.3 is 9.57 Å². The lowest BCUT2D eigenvalue weighted by atomic mass is 9.82. The third kappa shape index (κ3) is 4.85. The largest absolute Gasteiger partial charge is 0.489 e. The fraction of sp³-hybridized carbons (Fsp3) is 0.333. The first-order chi connectivity index (χ1) is 12.4. The SMILES string of the molecule is CCC(C)(C)c1ccc(OCc2ccccc2/C(=N\OC)C(=O)Cl)cc1. The van der Waals surface area contributed by atoms with Gasteiger partial charge in [-0.05, 0) is 46.7 Å². The summed E-state index contributed by atoms with van der Waals surface area (Å²) in [7, 11) is 1.37. The van der Waals surface area contributed by atoms with Crippen LogP contribution in [0.4, 0.5) is 0 Å². The van der Waals surface area contributed by atoms with Crippen LogP contribution in [0.5, 0.6) is 5.75 Å². The molecule has 0 atom stereocenters. The average molecular weight is 374 g/mol. The fourth-order valence-corrected chi connectivity index (χ4v) is 2.66. The summed E-state index contributed by atoms with van der Waals surface area (Å²) in [5, 5.41) is 3.06. The third-order valence-electron chi connectivity index (χ3n) is 4.56. The van der Waals surface area contributed by atoms with E-state index in [9.17, 15) is 4.79 Å². The maximum atomic E-state index is 11.6. The lowest BCUT2D eigenvalue weighted by Gasteiger charge is -2.23. The molecule has 0 aliphatic carbocycles. The van der Waals surface area contributed by atoms with Crippen LogP contribution in [0.25, 0.3) is 0 Å². The smallest absolute Gasteiger partial charge is 0.274 e. The zero-order valence-corrected chi connectivity index (χ0v) is 16.3. The van der Waals surface area contributed by atoms with Crippen molar-refractivity contribution in [3.8, 4) is 5.75 Å². The number of halogens is 1. The first-order valence-electron chi connectivity index (χ1n) is 8.51. The predicted octanol–water partition coefficient (Wildman–Crippen LogP) is 5.07. The number of hydrogen-bond donors (Lipinski definition) is 0. The van der Waals surface area contributed by atoms with Crippen molar-refractivity contribution >= 4 is 22.6 Å². The van der Waals surface area contributed by atoms with Gasteiger partial charge in [0, 0.05) is 5.56 Å². The quantitative estimate of drug-likeness (QED) is 0.368. The number of nitrogens with zero attached hydrogens (tertiary/aromatic N) is 1. The molecular formula is C21H24ClNO3. The molecule has 0 aromatic heterocycles. The Morgan fingerprint density at radius 2 is 1.77 bits per heavy atom. The molecule has 0 fully saturated rings. The Morgan fingerprint density at radius 3 is 2.35 bits per heavy atom. The molecule has 2 aromatic rings. The third-order valence-corrected chi connectivity index (χ3v) is 4.73. The van der Waals surface area contributed by atoms with Crippen LogP contribution in [0.15, 0.2) is 53.7 Å². The van der Waals surface area contributed by atoms with Crippen molar-refractivity contribution in [1.82, 2.24) is 0 Å². The summed E-state index contributed by atoms with van der Waals surface area (Å²) in [6, 6.07) is 15.4. The highest BCUT2D eigenvalue weighted by Crippen LogP contribution is 2.28. The Balaban J connectivity index is 2.18. The molecule has 0 saturated carbocycles. The molecule has 0 amide bonds. The van der Waals surface area contributed by atoms with E-state index in [1.165, 1.54) is 12.7 Å². The van der Waals surface area contributed by atoms with Gasteiger partial charge >= 0.3 is 0 Å². The number of carbonyl (C=O) groups excluding carboxylic acids is 1. The van der Waals surface area contributed by atoms with Gasteiger partial charge in [-0.15, -0.1) is 0 Å². The molecule has 0 aliphatic heterocycles. The molecule has 138 valence electrons. The van der Waals surface area contributed by atoms with Crippen LogP contribution >= 0.6 is 11.6 Å². The lowest BCUT2D eigenvalue weighted by molar-refractivity contribution is -0.106. The standard InChI is InChI=1S/C21H24ClNO3/c1-5-21(2,3)16-10-12-17(13-11-16)26-14-15-8-6-7-9-18(15)19(20(22)24)23-25-4/h6-13H,5,14H2,1-4H3/b23-19+. The Kier molecular flexibility index (Phi) is 6.81. The number of oxime groups is 1. The van der Waals surface area contributed by atoms with Crippen molar-refractivity contribution in [1.29, 1.82) is 0 Å². The van der Waals surface area contributed by atoms with E-state index in [1.54, 1.807) is 6.07 Å². The lowest BCUT2D eigenvalue weighted by Crippen LogP contribution is -2.15. The molecule has 0 heterocycles. The molecule has 0 radical (unpaired) electrons. The van der Waals surface area contributed by atoms with E-state index in [4.69, 9.17) is 21.2 Å². The normalized spacial score (nSPS) is 12.0. The highest BCUT2D eigenvalue weighted by atomic mass is 35.5. The number of carbonyl (C=O) groups is 1. The zero-order valence-electron chi connectivity index (χ0n) is 15.6. The van der Waals surface area contributed by atoms with Crippen molar-refractivity contribution in [3.63, 3.8) is 0 Å². The summed E-state index contributed by atoms with van der Waals surface area (Å²) in [5.74, 6) is 0.762. The Morgan fingerprint density at radius 1 is 1.12 bits per heavy atom. The van der Waals surface area contributed by atoms with Gasteiger partial charge in [0.25, 0.3) is 5.24 Å². The van der Waals surface area contributed by atoms with Gasteiger partial charge in [0.15, 0.2) is 5.71 Å². The maximum absolute atomic E-state index is 11.6. The minimum Gasteiger partial charge on any atom is -0.489 e. The van der Waals surface area contributed by atoms with E-state index >= 15 is 0 Å². The summed E-state index contributed by atoms with van der Waals surface area (Å²) >= 11 is 5.63. The molecule has 0 spiro atoms. The average Bonchev–Trinajstić information content (AvgIpc) is 2.65. The van der Waals surface area contributed by atoms with Crippen molar-refractivity contribution in [3.05, 3.63) is 65.2 Å². The van der Waals surface area contributed by atoms with Gasteiger partial charge in [-0.25, -0.2) is 0 Å². The van der Waals surface area contributed by atoms with Crippen LogP contribution in [0.1, 0.15) is 43.9 Å². The van der Waals surface area contributed by atoms with Crippen molar-refractivity contribution in [2.24, 2.45) is 5.16 Å². The topological polar surface area (TPSA) is 47.9 Å². The van der Waals surface area contributed by atoms with E-state index in [1.807, 2.05) is 30.3 Å². The zero-order chi connectivity index (χ0) is 19.2. The highest BCUT2D eigenvalue weighted by molar-refractivity contribution is 6.84. The first kappa shape index (κ1) is 20.0. The summed E-state index contributed by atoms with van der Waals surface area (Å²) < 4.78 is 5.89. The van der Waals surface area contributed by atoms with Gasteiger partial charge in [-0.1, -0.05) is 62.3 Å². The molecule has 0 saturated heterocycles. The minimum atomic E-state index is -0.676. The number of hydrogen-bond acceptors (Lipinski definition) is 4. The highest BCUT2D eigenvalue weighted by Gasteiger charge is 2.18. The van der Waals surface area contributed by atoms with Gasteiger partial charge in [-0.3, -0.25) is 4.79 Å². The molecule has 4 nitrogen and oxygen atoms in total. The summed E-state index contributed by atoms with van der Waals surface area (Å²) in [4.78, 5) is 16.4. The summed E-state index contributed by atoms with van der Waals surface area (Å²) in [6.45, 7) is 6.91. The van der Waals surface area contributed by atoms with Crippen molar-refractivity contribution in [2.45, 2.75) is 39.2 Å². The van der Waals surface area contributed by atoms with Gasteiger partial charge in [-0.2, -0.15) is 0 Å². The molecule has 0 N–H and O–H groups in total. The van der Waals surface area contributed by atoms with E-state index in [2.05, 4.69) is 38.1 Å². The van der Waals surface area contributed by atoms with Crippen LogP contribution < -0.4 is 4.74 Å². The summed E-state index contributed by atoms with van der Waals surface area (Å²) in [5.41, 5.74) is 2.87. The second kappa shape index (κ2) is 8.86. The number of ether oxygens (including phenoxy) is 1. The van der Waals surface area contributed by atoms with Crippen molar-refractivity contribution in [2.75, 3.05) is 7.11 Å². The van der Waals surface area contributed by atoms with E-state index in [0.717, 1.165) is 17.7 Å². The van der Waals surface area contributed by atoms with Crippen LogP contribution in [-0.4, -0.2) is 18.1 Å². The fourth-order valence-electron chi connectivity index (χ4n) is 2.53. The van der Waals surface area contributed by atoms with Gasteiger partial charge in [0.2, 0.25) is 0 Å². The molecule has 26 heavy (non-hydrogen) atoms. The van der Waals surface area contributed by atoms with Crippen LogP contribution in [0.3, 0.4) is 0 Å².